The summed E-state index contributed by atoms with van der Waals surface area (Å²) in [4.78, 5) is 14.7. The first kappa shape index (κ1) is 26.6. The summed E-state index contributed by atoms with van der Waals surface area (Å²) < 4.78 is 22.2. The lowest BCUT2D eigenvalue weighted by Gasteiger charge is -2.33. The highest BCUT2D eigenvalue weighted by atomic mass is 35.5. The topological polar surface area (TPSA) is 69.3 Å². The number of carbonyl (C=O) groups excluding carboxylic acids is 1. The van der Waals surface area contributed by atoms with Gasteiger partial charge in [0.2, 0.25) is 0 Å². The highest BCUT2D eigenvalue weighted by Crippen LogP contribution is 2.51. The first-order chi connectivity index (χ1) is 19.8. The average molecular weight is 569 g/mol. The number of nitrogens with one attached hydrogen (secondary N) is 1. The molecule has 0 radical (unpaired) electrons. The van der Waals surface area contributed by atoms with E-state index in [4.69, 9.17) is 30.5 Å². The van der Waals surface area contributed by atoms with E-state index in [1.807, 2.05) is 24.3 Å². The highest BCUT2D eigenvalue weighted by Gasteiger charge is 2.37. The van der Waals surface area contributed by atoms with E-state index in [9.17, 15) is 4.79 Å². The molecule has 0 bridgehead atoms. The van der Waals surface area contributed by atoms with Crippen LogP contribution in [0.2, 0.25) is 5.02 Å². The third kappa shape index (κ3) is 5.05. The van der Waals surface area contributed by atoms with Gasteiger partial charge in [0.25, 0.3) is 0 Å². The molecule has 0 spiro atoms. The van der Waals surface area contributed by atoms with E-state index in [0.717, 1.165) is 45.1 Å². The number of benzene rings is 4. The molecule has 0 fully saturated rings. The largest absolute Gasteiger partial charge is 0.519 e. The zero-order valence-electron chi connectivity index (χ0n) is 23.2. The fourth-order valence-electron chi connectivity index (χ4n) is 5.46. The molecule has 2 heterocycles. The Morgan fingerprint density at radius 1 is 0.854 bits per heavy atom. The van der Waals surface area contributed by atoms with E-state index < -0.39 is 6.16 Å². The van der Waals surface area contributed by atoms with Crippen LogP contribution in [0.4, 0.5) is 16.2 Å². The predicted octanol–water partition coefficient (Wildman–Crippen LogP) is 8.17. The Balaban J connectivity index is 1.36. The molecule has 208 valence electrons. The smallest absolute Gasteiger partial charge is 0.496 e. The summed E-state index contributed by atoms with van der Waals surface area (Å²) in [7, 11) is 3.29. The number of carbonyl (C=O) groups is 1. The number of hydrogen-bond acceptors (Lipinski definition) is 7. The fraction of sp³-hybridized carbons (Fsp3) is 0.182. The summed E-state index contributed by atoms with van der Waals surface area (Å²) in [5.74, 6) is 2.02. The summed E-state index contributed by atoms with van der Waals surface area (Å²) in [5.41, 5.74) is 7.21. The molecule has 0 saturated heterocycles. The number of methoxy groups -OCH3 is 2. The molecule has 0 atom stereocenters. The van der Waals surface area contributed by atoms with Gasteiger partial charge in [0, 0.05) is 40.1 Å². The molecule has 1 N–H and O–H groups in total. The summed E-state index contributed by atoms with van der Waals surface area (Å²) in [6, 6.07) is 24.1. The second kappa shape index (κ2) is 10.4. The minimum atomic E-state index is -0.856. The summed E-state index contributed by atoms with van der Waals surface area (Å²) in [5, 5.41) is 4.21. The van der Waals surface area contributed by atoms with Crippen molar-refractivity contribution in [1.29, 1.82) is 0 Å². The lowest BCUT2D eigenvalue weighted by Crippen LogP contribution is -2.33. The van der Waals surface area contributed by atoms with Crippen molar-refractivity contribution >= 4 is 34.8 Å². The summed E-state index contributed by atoms with van der Waals surface area (Å²) in [6.45, 7) is 4.97. The molecule has 7 nitrogen and oxygen atoms in total. The van der Waals surface area contributed by atoms with Crippen LogP contribution in [0.15, 0.2) is 84.9 Å². The van der Waals surface area contributed by atoms with Crippen molar-refractivity contribution in [2.45, 2.75) is 25.9 Å². The number of rotatable bonds is 6. The van der Waals surface area contributed by atoms with Gasteiger partial charge in [-0.1, -0.05) is 29.8 Å². The van der Waals surface area contributed by atoms with Crippen LogP contribution < -0.4 is 29.2 Å². The van der Waals surface area contributed by atoms with Crippen LogP contribution >= 0.6 is 11.6 Å². The molecule has 6 rings (SSSR count). The highest BCUT2D eigenvalue weighted by molar-refractivity contribution is 6.30. The minimum absolute atomic E-state index is 0.233. The molecule has 4 aromatic carbocycles. The van der Waals surface area contributed by atoms with Crippen LogP contribution in [0, 0.1) is 0 Å². The maximum atomic E-state index is 12.4. The zero-order chi connectivity index (χ0) is 28.7. The molecule has 0 amide bonds. The van der Waals surface area contributed by atoms with Crippen molar-refractivity contribution in [2.24, 2.45) is 0 Å². The third-order valence-corrected chi connectivity index (χ3v) is 7.44. The molecule has 0 aromatic heterocycles. The minimum Gasteiger partial charge on any atom is -0.496 e. The molecule has 0 unspecified atom stereocenters. The SMILES string of the molecule is COc1cc(OC(=O)Oc2ccc(Cl)cc2)ccc1-c1ccc2c3c1CN(c1ccccc1OC)C3=CC(C)(C)N2. The van der Waals surface area contributed by atoms with Crippen LogP contribution in [0.25, 0.3) is 16.8 Å². The monoisotopic (exact) mass is 568 g/mol. The number of para-hydroxylation sites is 2. The van der Waals surface area contributed by atoms with Crippen molar-refractivity contribution in [3.05, 3.63) is 101 Å². The fourth-order valence-corrected chi connectivity index (χ4v) is 5.58. The van der Waals surface area contributed by atoms with Crippen LogP contribution in [-0.2, 0) is 6.54 Å². The number of nitrogens with zero attached hydrogens (tertiary/aromatic N) is 1. The quantitative estimate of drug-likeness (QED) is 0.186. The zero-order valence-corrected chi connectivity index (χ0v) is 23.9. The van der Waals surface area contributed by atoms with Crippen LogP contribution in [0.3, 0.4) is 0 Å². The van der Waals surface area contributed by atoms with E-state index in [0.29, 0.717) is 28.8 Å². The number of anilines is 2. The van der Waals surface area contributed by atoms with Crippen molar-refractivity contribution in [3.8, 4) is 34.1 Å². The van der Waals surface area contributed by atoms with Crippen molar-refractivity contribution in [3.63, 3.8) is 0 Å². The van der Waals surface area contributed by atoms with Gasteiger partial charge in [-0.2, -0.15) is 0 Å². The van der Waals surface area contributed by atoms with Crippen molar-refractivity contribution in [2.75, 3.05) is 24.4 Å². The molecule has 8 heteroatoms. The van der Waals surface area contributed by atoms with Gasteiger partial charge in [-0.3, -0.25) is 0 Å². The average Bonchev–Trinajstić information content (AvgIpc) is 3.33. The van der Waals surface area contributed by atoms with E-state index in [2.05, 4.69) is 48.3 Å². The number of hydrogen-bond donors (Lipinski definition) is 1. The maximum absolute atomic E-state index is 12.4. The van der Waals surface area contributed by atoms with Gasteiger partial charge in [0.05, 0.1) is 25.4 Å². The molecular weight excluding hydrogens is 540 g/mol. The van der Waals surface area contributed by atoms with Gasteiger partial charge in [0.1, 0.15) is 23.0 Å². The number of halogens is 1. The Morgan fingerprint density at radius 2 is 1.54 bits per heavy atom. The lowest BCUT2D eigenvalue weighted by molar-refractivity contribution is 0.152. The summed E-state index contributed by atoms with van der Waals surface area (Å²) in [6.07, 6.45) is 1.41. The first-order valence-electron chi connectivity index (χ1n) is 13.2. The molecule has 4 aromatic rings. The van der Waals surface area contributed by atoms with Crippen LogP contribution in [0.1, 0.15) is 25.0 Å². The van der Waals surface area contributed by atoms with Gasteiger partial charge in [0.15, 0.2) is 0 Å². The molecular formula is C33H29ClN2O5. The van der Waals surface area contributed by atoms with Gasteiger partial charge in [-0.25, -0.2) is 4.79 Å². The van der Waals surface area contributed by atoms with E-state index in [1.54, 1.807) is 50.6 Å². The van der Waals surface area contributed by atoms with E-state index in [-0.39, 0.29) is 5.54 Å². The van der Waals surface area contributed by atoms with Crippen molar-refractivity contribution < 1.29 is 23.7 Å². The second-order valence-electron chi connectivity index (χ2n) is 10.4. The van der Waals surface area contributed by atoms with Crippen LogP contribution in [0.5, 0.6) is 23.0 Å². The Hall–Kier alpha value is -4.62. The standard InChI is InChI=1S/C33H29ClN2O5/c1-33(2)18-28-31-25(19-36(28)27-7-5-6-8-29(27)38-3)23(15-16-26(31)35-33)24-14-13-22(17-30(24)39-4)41-32(37)40-21-11-9-20(34)10-12-21/h5-18,35H,19H2,1-4H3. The Bertz CT molecular complexity index is 1680. The first-order valence-corrected chi connectivity index (χ1v) is 13.6. The van der Waals surface area contributed by atoms with Gasteiger partial charge in [-0.15, -0.1) is 0 Å². The third-order valence-electron chi connectivity index (χ3n) is 7.19. The maximum Gasteiger partial charge on any atom is 0.519 e. The second-order valence-corrected chi connectivity index (χ2v) is 10.9. The van der Waals surface area contributed by atoms with Gasteiger partial charge < -0.3 is 29.2 Å². The van der Waals surface area contributed by atoms with Crippen LogP contribution in [-0.4, -0.2) is 25.9 Å². The molecule has 41 heavy (non-hydrogen) atoms. The van der Waals surface area contributed by atoms with E-state index >= 15 is 0 Å². The molecule has 0 saturated carbocycles. The summed E-state index contributed by atoms with van der Waals surface area (Å²) >= 11 is 5.90. The molecule has 0 aliphatic carbocycles. The predicted molar refractivity (Wildman–Crippen MR) is 161 cm³/mol. The normalized spacial score (nSPS) is 14.5. The number of ether oxygens (including phenoxy) is 4. The Morgan fingerprint density at radius 3 is 2.29 bits per heavy atom. The van der Waals surface area contributed by atoms with E-state index in [1.165, 1.54) is 0 Å². The Kier molecular flexibility index (Phi) is 6.75. The molecule has 2 aliphatic heterocycles. The van der Waals surface area contributed by atoms with Gasteiger partial charge >= 0.3 is 6.16 Å². The van der Waals surface area contributed by atoms with Crippen molar-refractivity contribution in [1.82, 2.24) is 0 Å². The Labute approximate surface area is 243 Å². The van der Waals surface area contributed by atoms with Gasteiger partial charge in [-0.05, 0) is 85.6 Å². The lowest BCUT2D eigenvalue weighted by atomic mass is 9.89. The molecule has 2 aliphatic rings.